The van der Waals surface area contributed by atoms with Crippen LogP contribution in [0.15, 0.2) is 0 Å². The van der Waals surface area contributed by atoms with Crippen molar-refractivity contribution in [3.63, 3.8) is 0 Å². The maximum absolute atomic E-state index is 11.3. The first kappa shape index (κ1) is 17.3. The summed E-state index contributed by atoms with van der Waals surface area (Å²) in [5.41, 5.74) is -0.641. The maximum Gasteiger partial charge on any atom is 0.0958 e. The molecule has 0 aromatic rings. The molecule has 4 aliphatic carbocycles. The number of aliphatic hydroxyl groups excluding tert-OH is 2. The first-order valence-corrected chi connectivity index (χ1v) is 10.3. The van der Waals surface area contributed by atoms with Gasteiger partial charge in [-0.1, -0.05) is 13.8 Å². The average molecular weight is 337 g/mol. The normalized spacial score (nSPS) is 58.5. The van der Waals surface area contributed by atoms with E-state index in [2.05, 4.69) is 13.8 Å². The van der Waals surface area contributed by atoms with E-state index in [0.29, 0.717) is 23.2 Å². The molecule has 4 aliphatic rings. The molecule has 0 unspecified atom stereocenters. The lowest BCUT2D eigenvalue weighted by molar-refractivity contribution is -0.186. The summed E-state index contributed by atoms with van der Waals surface area (Å²) in [6, 6.07) is 0. The largest absolute Gasteiger partial charge is 0.393 e. The van der Waals surface area contributed by atoms with Crippen LogP contribution in [0.5, 0.6) is 0 Å². The number of rotatable bonds is 1. The van der Waals surface area contributed by atoms with Crippen molar-refractivity contribution in [2.75, 3.05) is 0 Å². The molecule has 4 rings (SSSR count). The highest BCUT2D eigenvalue weighted by Gasteiger charge is 2.65. The van der Waals surface area contributed by atoms with Crippen molar-refractivity contribution in [2.24, 2.45) is 34.5 Å². The second-order valence-electron chi connectivity index (χ2n) is 10.2. The van der Waals surface area contributed by atoms with Gasteiger partial charge in [-0.2, -0.15) is 0 Å². The van der Waals surface area contributed by atoms with Gasteiger partial charge in [-0.05, 0) is 93.8 Å². The molecule has 0 radical (unpaired) electrons. The zero-order valence-electron chi connectivity index (χ0n) is 15.7. The summed E-state index contributed by atoms with van der Waals surface area (Å²) in [4.78, 5) is 0. The van der Waals surface area contributed by atoms with E-state index in [9.17, 15) is 15.3 Å². The minimum absolute atomic E-state index is 0.0831. The fraction of sp³-hybridized carbons (Fsp3) is 1.00. The Bertz CT molecular complexity index is 505. The summed E-state index contributed by atoms with van der Waals surface area (Å²) in [5.74, 6) is 2.69. The van der Waals surface area contributed by atoms with Crippen LogP contribution in [0.25, 0.3) is 0 Å². The molecule has 9 atom stereocenters. The van der Waals surface area contributed by atoms with Gasteiger partial charge < -0.3 is 15.3 Å². The average Bonchev–Trinajstić information content (AvgIpc) is 2.81. The Morgan fingerprint density at radius 1 is 0.917 bits per heavy atom. The quantitative estimate of drug-likeness (QED) is 0.687. The van der Waals surface area contributed by atoms with Gasteiger partial charge in [0.1, 0.15) is 0 Å². The molecular formula is C21H36O3. The first-order valence-electron chi connectivity index (χ1n) is 10.3. The molecule has 24 heavy (non-hydrogen) atoms. The van der Waals surface area contributed by atoms with Crippen LogP contribution >= 0.6 is 0 Å². The third-order valence-electron chi connectivity index (χ3n) is 9.54. The van der Waals surface area contributed by atoms with E-state index in [1.54, 1.807) is 6.92 Å². The first-order chi connectivity index (χ1) is 11.2. The van der Waals surface area contributed by atoms with Gasteiger partial charge >= 0.3 is 0 Å². The second kappa shape index (κ2) is 5.44. The Labute approximate surface area is 146 Å². The number of aliphatic hydroxyl groups is 3. The van der Waals surface area contributed by atoms with Crippen LogP contribution in [0.2, 0.25) is 0 Å². The SMILES string of the molecule is C[C@H](O)[C@]1(O)CC[C@@H]2[C@H]3CC[C@H]4C[C@@H](O)CC[C@]4(C)[C@@H]3CC[C@@]21C. The highest BCUT2D eigenvalue weighted by atomic mass is 16.3. The Morgan fingerprint density at radius 3 is 2.33 bits per heavy atom. The lowest BCUT2D eigenvalue weighted by Crippen LogP contribution is -2.59. The van der Waals surface area contributed by atoms with E-state index in [1.165, 1.54) is 25.7 Å². The molecule has 0 amide bonds. The summed E-state index contributed by atoms with van der Waals surface area (Å²) in [6.07, 6.45) is 8.99. The monoisotopic (exact) mass is 336 g/mol. The van der Waals surface area contributed by atoms with E-state index >= 15 is 0 Å². The predicted octanol–water partition coefficient (Wildman–Crippen LogP) is 3.50. The zero-order valence-corrected chi connectivity index (χ0v) is 15.7. The van der Waals surface area contributed by atoms with Gasteiger partial charge in [-0.3, -0.25) is 0 Å². The second-order valence-corrected chi connectivity index (χ2v) is 10.2. The molecule has 0 saturated heterocycles. The van der Waals surface area contributed by atoms with Crippen molar-refractivity contribution in [3.8, 4) is 0 Å². The number of hydrogen-bond acceptors (Lipinski definition) is 3. The minimum atomic E-state index is -0.900. The van der Waals surface area contributed by atoms with Crippen LogP contribution in [-0.2, 0) is 0 Å². The molecule has 0 aromatic carbocycles. The summed E-state index contributed by atoms with van der Waals surface area (Å²) in [6.45, 7) is 6.53. The van der Waals surface area contributed by atoms with Gasteiger partial charge in [0.15, 0.2) is 0 Å². The van der Waals surface area contributed by atoms with Crippen LogP contribution in [0.4, 0.5) is 0 Å². The summed E-state index contributed by atoms with van der Waals surface area (Å²) in [5, 5.41) is 31.7. The van der Waals surface area contributed by atoms with E-state index in [1.807, 2.05) is 0 Å². The molecule has 0 aliphatic heterocycles. The molecule has 3 nitrogen and oxygen atoms in total. The van der Waals surface area contributed by atoms with Crippen molar-refractivity contribution in [3.05, 3.63) is 0 Å². The number of hydrogen-bond donors (Lipinski definition) is 3. The van der Waals surface area contributed by atoms with Crippen LogP contribution in [-0.4, -0.2) is 33.1 Å². The lowest BCUT2D eigenvalue weighted by atomic mass is 9.44. The highest BCUT2D eigenvalue weighted by molar-refractivity contribution is 5.15. The molecule has 0 spiro atoms. The zero-order chi connectivity index (χ0) is 17.3. The van der Waals surface area contributed by atoms with Crippen molar-refractivity contribution in [1.82, 2.24) is 0 Å². The molecule has 4 fully saturated rings. The summed E-state index contributed by atoms with van der Waals surface area (Å²) >= 11 is 0. The smallest absolute Gasteiger partial charge is 0.0958 e. The highest BCUT2D eigenvalue weighted by Crippen LogP contribution is 2.68. The van der Waals surface area contributed by atoms with Crippen LogP contribution in [0, 0.1) is 34.5 Å². The molecule has 0 heterocycles. The van der Waals surface area contributed by atoms with Crippen molar-refractivity contribution in [2.45, 2.75) is 96.4 Å². The standard InChI is InChI=1S/C21H36O3/c1-13(22)21(24)11-8-18-16-5-4-14-12-15(23)6-9-19(14,2)17(16)7-10-20(18,21)3/h13-18,22-24H,4-12H2,1-3H3/t13-,14-,15-,16-,17+,18+,19-,20-,21+/m0/s1. The molecular weight excluding hydrogens is 300 g/mol. The predicted molar refractivity (Wildman–Crippen MR) is 94.4 cm³/mol. The maximum atomic E-state index is 11.3. The third kappa shape index (κ3) is 2.07. The van der Waals surface area contributed by atoms with Crippen molar-refractivity contribution >= 4 is 0 Å². The minimum Gasteiger partial charge on any atom is -0.393 e. The van der Waals surface area contributed by atoms with Crippen LogP contribution in [0.1, 0.15) is 78.6 Å². The Morgan fingerprint density at radius 2 is 1.62 bits per heavy atom. The summed E-state index contributed by atoms with van der Waals surface area (Å²) < 4.78 is 0. The molecule has 3 N–H and O–H groups in total. The Hall–Kier alpha value is -0.120. The fourth-order valence-electron chi connectivity index (χ4n) is 7.97. The Balaban J connectivity index is 1.63. The van der Waals surface area contributed by atoms with E-state index in [0.717, 1.165) is 38.0 Å². The molecule has 3 heteroatoms. The van der Waals surface area contributed by atoms with Gasteiger partial charge in [0, 0.05) is 5.41 Å². The van der Waals surface area contributed by atoms with Crippen LogP contribution in [0.3, 0.4) is 0 Å². The molecule has 0 bridgehead atoms. The Kier molecular flexibility index (Phi) is 3.92. The lowest BCUT2D eigenvalue weighted by Gasteiger charge is -2.61. The molecule has 138 valence electrons. The number of fused-ring (bicyclic) bond motifs is 5. The van der Waals surface area contributed by atoms with Gasteiger partial charge in [0.05, 0.1) is 17.8 Å². The topological polar surface area (TPSA) is 60.7 Å². The fourth-order valence-corrected chi connectivity index (χ4v) is 7.97. The van der Waals surface area contributed by atoms with E-state index in [4.69, 9.17) is 0 Å². The summed E-state index contributed by atoms with van der Waals surface area (Å²) in [7, 11) is 0. The molecule has 4 saturated carbocycles. The van der Waals surface area contributed by atoms with Gasteiger partial charge in [-0.15, -0.1) is 0 Å². The van der Waals surface area contributed by atoms with E-state index in [-0.39, 0.29) is 11.5 Å². The van der Waals surface area contributed by atoms with Gasteiger partial charge in [0.2, 0.25) is 0 Å². The molecule has 0 aromatic heterocycles. The van der Waals surface area contributed by atoms with Gasteiger partial charge in [-0.25, -0.2) is 0 Å². The van der Waals surface area contributed by atoms with Crippen molar-refractivity contribution in [1.29, 1.82) is 0 Å². The van der Waals surface area contributed by atoms with Crippen LogP contribution < -0.4 is 0 Å². The third-order valence-corrected chi connectivity index (χ3v) is 9.54. The van der Waals surface area contributed by atoms with Crippen molar-refractivity contribution < 1.29 is 15.3 Å². The van der Waals surface area contributed by atoms with Gasteiger partial charge in [0.25, 0.3) is 0 Å². The van der Waals surface area contributed by atoms with E-state index < -0.39 is 11.7 Å².